The SMILES string of the molecule is CCC(=O)Nc1ccc(C(=O)COC(=O)COc2ccc(C(=O)CC)cc2)cc1. The Balaban J connectivity index is 1.77. The molecule has 0 spiro atoms. The summed E-state index contributed by atoms with van der Waals surface area (Å²) in [6.45, 7) is 2.76. The lowest BCUT2D eigenvalue weighted by Gasteiger charge is -2.08. The maximum absolute atomic E-state index is 12.1. The van der Waals surface area contributed by atoms with Crippen molar-refractivity contribution in [2.75, 3.05) is 18.5 Å². The number of esters is 1. The van der Waals surface area contributed by atoms with E-state index in [1.807, 2.05) is 0 Å². The van der Waals surface area contributed by atoms with Crippen LogP contribution in [0.15, 0.2) is 48.5 Å². The number of anilines is 1. The van der Waals surface area contributed by atoms with E-state index in [0.29, 0.717) is 35.4 Å². The first-order valence-electron chi connectivity index (χ1n) is 9.27. The number of ketones is 2. The molecule has 29 heavy (non-hydrogen) atoms. The maximum Gasteiger partial charge on any atom is 0.344 e. The second kappa shape index (κ2) is 10.8. The Kier molecular flexibility index (Phi) is 8.09. The van der Waals surface area contributed by atoms with Crippen LogP contribution in [0.5, 0.6) is 5.75 Å². The molecule has 0 radical (unpaired) electrons. The molecular formula is C22H23NO6. The number of hydrogen-bond acceptors (Lipinski definition) is 6. The largest absolute Gasteiger partial charge is 0.482 e. The van der Waals surface area contributed by atoms with Gasteiger partial charge in [-0.3, -0.25) is 14.4 Å². The van der Waals surface area contributed by atoms with Gasteiger partial charge in [-0.05, 0) is 48.5 Å². The molecule has 0 aliphatic rings. The van der Waals surface area contributed by atoms with Crippen LogP contribution in [0.4, 0.5) is 5.69 Å². The molecule has 0 atom stereocenters. The predicted molar refractivity (Wildman–Crippen MR) is 107 cm³/mol. The summed E-state index contributed by atoms with van der Waals surface area (Å²) in [5.74, 6) is -0.724. The number of rotatable bonds is 10. The second-order valence-corrected chi connectivity index (χ2v) is 6.15. The summed E-state index contributed by atoms with van der Waals surface area (Å²) >= 11 is 0. The zero-order valence-corrected chi connectivity index (χ0v) is 16.4. The van der Waals surface area contributed by atoms with E-state index in [2.05, 4.69) is 5.32 Å². The lowest BCUT2D eigenvalue weighted by atomic mass is 10.1. The second-order valence-electron chi connectivity index (χ2n) is 6.15. The minimum absolute atomic E-state index is 0.0234. The molecule has 1 amide bonds. The smallest absolute Gasteiger partial charge is 0.344 e. The minimum atomic E-state index is -0.682. The fourth-order valence-corrected chi connectivity index (χ4v) is 2.34. The minimum Gasteiger partial charge on any atom is -0.482 e. The summed E-state index contributed by atoms with van der Waals surface area (Å²) < 4.78 is 10.2. The van der Waals surface area contributed by atoms with E-state index >= 15 is 0 Å². The van der Waals surface area contributed by atoms with Gasteiger partial charge in [-0.25, -0.2) is 4.79 Å². The monoisotopic (exact) mass is 397 g/mol. The van der Waals surface area contributed by atoms with Gasteiger partial charge in [-0.1, -0.05) is 13.8 Å². The number of carbonyl (C=O) groups excluding carboxylic acids is 4. The normalized spacial score (nSPS) is 10.1. The van der Waals surface area contributed by atoms with Gasteiger partial charge in [0.1, 0.15) is 5.75 Å². The third kappa shape index (κ3) is 6.88. The molecule has 152 valence electrons. The molecular weight excluding hydrogens is 374 g/mol. The predicted octanol–water partition coefficient (Wildman–Crippen LogP) is 3.43. The van der Waals surface area contributed by atoms with Gasteiger partial charge in [0.05, 0.1) is 0 Å². The quantitative estimate of drug-likeness (QED) is 0.487. The van der Waals surface area contributed by atoms with Crippen molar-refractivity contribution in [1.29, 1.82) is 0 Å². The first-order valence-corrected chi connectivity index (χ1v) is 9.27. The number of nitrogens with one attached hydrogen (secondary N) is 1. The van der Waals surface area contributed by atoms with Gasteiger partial charge in [0.25, 0.3) is 0 Å². The highest BCUT2D eigenvalue weighted by atomic mass is 16.6. The maximum atomic E-state index is 12.1. The average molecular weight is 397 g/mol. The lowest BCUT2D eigenvalue weighted by Crippen LogP contribution is -2.19. The van der Waals surface area contributed by atoms with Crippen LogP contribution in [-0.4, -0.2) is 36.7 Å². The molecule has 0 heterocycles. The van der Waals surface area contributed by atoms with Crippen LogP contribution < -0.4 is 10.1 Å². The highest BCUT2D eigenvalue weighted by molar-refractivity contribution is 5.99. The van der Waals surface area contributed by atoms with Crippen LogP contribution in [0.1, 0.15) is 47.4 Å². The van der Waals surface area contributed by atoms with Crippen LogP contribution in [0, 0.1) is 0 Å². The summed E-state index contributed by atoms with van der Waals surface area (Å²) in [4.78, 5) is 46.8. The van der Waals surface area contributed by atoms with E-state index < -0.39 is 12.6 Å². The molecule has 1 N–H and O–H groups in total. The fraction of sp³-hybridized carbons (Fsp3) is 0.273. The molecule has 0 aliphatic carbocycles. The van der Waals surface area contributed by atoms with Crippen LogP contribution in [0.2, 0.25) is 0 Å². The number of carbonyl (C=O) groups is 4. The van der Waals surface area contributed by atoms with Crippen molar-refractivity contribution in [3.63, 3.8) is 0 Å². The van der Waals surface area contributed by atoms with Crippen LogP contribution in [-0.2, 0) is 14.3 Å². The molecule has 2 aromatic carbocycles. The van der Waals surface area contributed by atoms with Crippen molar-refractivity contribution < 1.29 is 28.7 Å². The first kappa shape index (κ1) is 21.8. The molecule has 7 heteroatoms. The molecule has 0 saturated heterocycles. The van der Waals surface area contributed by atoms with Gasteiger partial charge in [-0.15, -0.1) is 0 Å². The van der Waals surface area contributed by atoms with Crippen LogP contribution in [0.3, 0.4) is 0 Å². The van der Waals surface area contributed by atoms with E-state index in [1.54, 1.807) is 62.4 Å². The Morgan fingerprint density at radius 3 is 1.93 bits per heavy atom. The zero-order chi connectivity index (χ0) is 21.2. The van der Waals surface area contributed by atoms with Gasteiger partial charge in [0.15, 0.2) is 24.8 Å². The topological polar surface area (TPSA) is 98.8 Å². The molecule has 0 unspecified atom stereocenters. The molecule has 2 rings (SSSR count). The number of hydrogen-bond donors (Lipinski definition) is 1. The Bertz CT molecular complexity index is 871. The van der Waals surface area contributed by atoms with Gasteiger partial charge >= 0.3 is 5.97 Å². The zero-order valence-electron chi connectivity index (χ0n) is 16.4. The highest BCUT2D eigenvalue weighted by Gasteiger charge is 2.11. The lowest BCUT2D eigenvalue weighted by molar-refractivity contribution is -0.144. The highest BCUT2D eigenvalue weighted by Crippen LogP contribution is 2.14. The molecule has 0 aromatic heterocycles. The Morgan fingerprint density at radius 2 is 1.34 bits per heavy atom. The molecule has 0 bridgehead atoms. The van der Waals surface area contributed by atoms with E-state index in [1.165, 1.54) is 0 Å². The molecule has 0 saturated carbocycles. The summed E-state index contributed by atoms with van der Waals surface area (Å²) in [5.41, 5.74) is 1.53. The van der Waals surface area contributed by atoms with Gasteiger partial charge in [-0.2, -0.15) is 0 Å². The Labute approximate surface area is 169 Å². The molecule has 2 aromatic rings. The van der Waals surface area contributed by atoms with Gasteiger partial charge in [0.2, 0.25) is 5.91 Å². The van der Waals surface area contributed by atoms with Gasteiger partial charge in [0, 0.05) is 29.7 Å². The van der Waals surface area contributed by atoms with Crippen LogP contribution in [0.25, 0.3) is 0 Å². The number of benzene rings is 2. The number of amides is 1. The first-order chi connectivity index (χ1) is 13.9. The summed E-state index contributed by atoms with van der Waals surface area (Å²) in [6.07, 6.45) is 0.774. The van der Waals surface area contributed by atoms with Crippen molar-refractivity contribution in [1.82, 2.24) is 0 Å². The third-order valence-corrected chi connectivity index (χ3v) is 4.03. The molecule has 0 fully saturated rings. The van der Waals surface area contributed by atoms with Crippen molar-refractivity contribution >= 4 is 29.1 Å². The molecule has 7 nitrogen and oxygen atoms in total. The number of ether oxygens (including phenoxy) is 2. The van der Waals surface area contributed by atoms with E-state index in [0.717, 1.165) is 0 Å². The van der Waals surface area contributed by atoms with E-state index in [4.69, 9.17) is 9.47 Å². The fourth-order valence-electron chi connectivity index (χ4n) is 2.34. The standard InChI is InChI=1S/C22H23NO6/c1-3-19(24)15-7-11-18(12-8-15)28-14-22(27)29-13-20(25)16-5-9-17(10-6-16)23-21(26)4-2/h5-12H,3-4,13-14H2,1-2H3,(H,23,26). The third-order valence-electron chi connectivity index (χ3n) is 4.03. The van der Waals surface area contributed by atoms with Crippen molar-refractivity contribution in [2.45, 2.75) is 26.7 Å². The Hall–Kier alpha value is -3.48. The summed E-state index contributed by atoms with van der Waals surface area (Å²) in [5, 5.41) is 2.68. The number of Topliss-reactive ketones (excluding diaryl/α,β-unsaturated/α-hetero) is 2. The Morgan fingerprint density at radius 1 is 0.759 bits per heavy atom. The van der Waals surface area contributed by atoms with Crippen LogP contribution >= 0.6 is 0 Å². The van der Waals surface area contributed by atoms with Crippen molar-refractivity contribution in [3.8, 4) is 5.75 Å². The van der Waals surface area contributed by atoms with Crippen molar-refractivity contribution in [2.24, 2.45) is 0 Å². The van der Waals surface area contributed by atoms with E-state index in [9.17, 15) is 19.2 Å². The molecule has 0 aliphatic heterocycles. The van der Waals surface area contributed by atoms with Crippen molar-refractivity contribution in [3.05, 3.63) is 59.7 Å². The summed E-state index contributed by atoms with van der Waals surface area (Å²) in [7, 11) is 0. The van der Waals surface area contributed by atoms with Gasteiger partial charge < -0.3 is 14.8 Å². The average Bonchev–Trinajstić information content (AvgIpc) is 2.76. The van der Waals surface area contributed by atoms with E-state index in [-0.39, 0.29) is 24.1 Å². The summed E-state index contributed by atoms with van der Waals surface area (Å²) in [6, 6.07) is 12.8.